The minimum absolute atomic E-state index is 0.162. The van der Waals surface area contributed by atoms with Crippen LogP contribution in [0.25, 0.3) is 11.3 Å². The molecule has 1 aliphatic carbocycles. The molecule has 7 heteroatoms. The van der Waals surface area contributed by atoms with E-state index in [0.29, 0.717) is 24.2 Å². The number of H-pyrrole nitrogens is 1. The molecule has 3 aromatic rings. The van der Waals surface area contributed by atoms with E-state index in [1.54, 1.807) is 37.8 Å². The monoisotopic (exact) mass is 378 g/mol. The van der Waals surface area contributed by atoms with Crippen molar-refractivity contribution in [3.05, 3.63) is 66.1 Å². The van der Waals surface area contributed by atoms with Crippen molar-refractivity contribution < 1.29 is 14.6 Å². The number of nitrogens with one attached hydrogen (secondary N) is 2. The number of methoxy groups -OCH3 is 1. The summed E-state index contributed by atoms with van der Waals surface area (Å²) in [6.45, 7) is 0. The van der Waals surface area contributed by atoms with E-state index in [-0.39, 0.29) is 24.0 Å². The molecule has 28 heavy (non-hydrogen) atoms. The minimum atomic E-state index is -0.309. The van der Waals surface area contributed by atoms with E-state index in [0.717, 1.165) is 16.8 Å². The number of pyridine rings is 1. The molecule has 1 aliphatic rings. The molecule has 1 fully saturated rings. The Morgan fingerprint density at radius 1 is 1.25 bits per heavy atom. The number of amides is 1. The largest absolute Gasteiger partial charge is 0.495 e. The fourth-order valence-corrected chi connectivity index (χ4v) is 3.54. The summed E-state index contributed by atoms with van der Waals surface area (Å²) in [7, 11) is 1.59. The van der Waals surface area contributed by atoms with Crippen molar-refractivity contribution in [1.29, 1.82) is 0 Å². The number of hydrogen-bond donors (Lipinski definition) is 3. The number of rotatable bonds is 6. The maximum Gasteiger partial charge on any atom is 0.251 e. The first-order valence-corrected chi connectivity index (χ1v) is 9.21. The number of hydrogen-bond acceptors (Lipinski definition) is 5. The maximum atomic E-state index is 12.9. The third-order valence-electron chi connectivity index (χ3n) is 5.20. The van der Waals surface area contributed by atoms with Crippen LogP contribution in [0.3, 0.4) is 0 Å². The number of aliphatic hydroxyl groups is 1. The molecule has 1 unspecified atom stereocenters. The maximum absolute atomic E-state index is 12.9. The number of ether oxygens (including phenoxy) is 1. The van der Waals surface area contributed by atoms with Crippen molar-refractivity contribution >= 4 is 5.91 Å². The fourth-order valence-electron chi connectivity index (χ4n) is 3.54. The first kappa shape index (κ1) is 18.2. The van der Waals surface area contributed by atoms with Crippen LogP contribution >= 0.6 is 0 Å². The third kappa shape index (κ3) is 3.75. The summed E-state index contributed by atoms with van der Waals surface area (Å²) < 4.78 is 5.26. The summed E-state index contributed by atoms with van der Waals surface area (Å²) >= 11 is 0. The summed E-state index contributed by atoms with van der Waals surface area (Å²) in [4.78, 5) is 17.1. The van der Waals surface area contributed by atoms with E-state index < -0.39 is 0 Å². The molecular formula is C21H22N4O3. The Morgan fingerprint density at radius 2 is 2.04 bits per heavy atom. The van der Waals surface area contributed by atoms with Gasteiger partial charge in [-0.25, -0.2) is 0 Å². The number of aromatic amines is 1. The molecule has 0 spiro atoms. The van der Waals surface area contributed by atoms with Gasteiger partial charge in [0.05, 0.1) is 31.1 Å². The molecule has 0 aliphatic heterocycles. The SMILES string of the molecule is COc1cncc(C(NC(=O)c2ccc(-c3ccn[nH]3)cc2)C2CC(O)C2)c1. The van der Waals surface area contributed by atoms with Crippen LogP contribution in [0.2, 0.25) is 0 Å². The molecule has 1 aromatic carbocycles. The number of nitrogens with zero attached hydrogens (tertiary/aromatic N) is 2. The summed E-state index contributed by atoms with van der Waals surface area (Å²) in [5.74, 6) is 0.642. The van der Waals surface area contributed by atoms with Crippen LogP contribution in [0.15, 0.2) is 55.0 Å². The second kappa shape index (κ2) is 7.82. The lowest BCUT2D eigenvalue weighted by Gasteiger charge is -2.38. The standard InChI is InChI=1S/C21H22N4O3/c1-28-18-10-16(11-22-12-18)20(15-8-17(26)9-15)24-21(27)14-4-2-13(3-5-14)19-6-7-23-25-19/h2-7,10-12,15,17,20,26H,8-9H2,1H3,(H,23,25)(H,24,27). The van der Waals surface area contributed by atoms with Gasteiger partial charge in [0.2, 0.25) is 0 Å². The zero-order chi connectivity index (χ0) is 19.5. The van der Waals surface area contributed by atoms with Gasteiger partial charge < -0.3 is 15.2 Å². The zero-order valence-electron chi connectivity index (χ0n) is 15.5. The molecule has 2 aromatic heterocycles. The average Bonchev–Trinajstić information content (AvgIpc) is 3.25. The highest BCUT2D eigenvalue weighted by Gasteiger charge is 2.36. The van der Waals surface area contributed by atoms with Gasteiger partial charge in [-0.3, -0.25) is 14.9 Å². The molecule has 1 atom stereocenters. The second-order valence-electron chi connectivity index (χ2n) is 7.04. The van der Waals surface area contributed by atoms with Gasteiger partial charge >= 0.3 is 0 Å². The first-order chi connectivity index (χ1) is 13.6. The summed E-state index contributed by atoms with van der Waals surface area (Å²) in [6.07, 6.45) is 6.06. The van der Waals surface area contributed by atoms with Crippen molar-refractivity contribution in [3.8, 4) is 17.0 Å². The lowest BCUT2D eigenvalue weighted by atomic mass is 9.75. The summed E-state index contributed by atoms with van der Waals surface area (Å²) in [5, 5.41) is 19.7. The number of carbonyl (C=O) groups excluding carboxylic acids is 1. The molecule has 2 heterocycles. The first-order valence-electron chi connectivity index (χ1n) is 9.21. The van der Waals surface area contributed by atoms with Crippen LogP contribution in [0.5, 0.6) is 5.75 Å². The van der Waals surface area contributed by atoms with Gasteiger partial charge in [-0.15, -0.1) is 0 Å². The minimum Gasteiger partial charge on any atom is -0.495 e. The molecule has 144 valence electrons. The van der Waals surface area contributed by atoms with E-state index in [2.05, 4.69) is 20.5 Å². The number of carbonyl (C=O) groups is 1. The Bertz CT molecular complexity index is 935. The molecular weight excluding hydrogens is 356 g/mol. The number of aliphatic hydroxyl groups excluding tert-OH is 1. The van der Waals surface area contributed by atoms with E-state index in [1.807, 2.05) is 24.3 Å². The lowest BCUT2D eigenvalue weighted by Crippen LogP contribution is -2.41. The van der Waals surface area contributed by atoms with Crippen molar-refractivity contribution in [2.45, 2.75) is 25.0 Å². The highest BCUT2D eigenvalue weighted by atomic mass is 16.5. The van der Waals surface area contributed by atoms with Crippen molar-refractivity contribution in [1.82, 2.24) is 20.5 Å². The lowest BCUT2D eigenvalue weighted by molar-refractivity contribution is 0.0234. The van der Waals surface area contributed by atoms with E-state index in [1.165, 1.54) is 0 Å². The predicted octanol–water partition coefficient (Wildman–Crippen LogP) is 2.72. The van der Waals surface area contributed by atoms with Gasteiger partial charge in [-0.1, -0.05) is 12.1 Å². The van der Waals surface area contributed by atoms with Crippen LogP contribution in [0.1, 0.15) is 34.8 Å². The van der Waals surface area contributed by atoms with E-state index in [9.17, 15) is 9.90 Å². The fraction of sp³-hybridized carbons (Fsp3) is 0.286. The summed E-state index contributed by atoms with van der Waals surface area (Å²) in [5.41, 5.74) is 3.31. The van der Waals surface area contributed by atoms with Gasteiger partial charge in [-0.05, 0) is 54.2 Å². The molecule has 0 bridgehead atoms. The molecule has 0 radical (unpaired) electrons. The summed E-state index contributed by atoms with van der Waals surface area (Å²) in [6, 6.07) is 10.9. The van der Waals surface area contributed by atoms with Gasteiger partial charge in [0.25, 0.3) is 5.91 Å². The van der Waals surface area contributed by atoms with Crippen LogP contribution in [-0.4, -0.2) is 39.4 Å². The second-order valence-corrected chi connectivity index (χ2v) is 7.04. The molecule has 1 amide bonds. The van der Waals surface area contributed by atoms with Crippen molar-refractivity contribution in [3.63, 3.8) is 0 Å². The Kier molecular flexibility index (Phi) is 5.08. The van der Waals surface area contributed by atoms with Crippen LogP contribution in [0.4, 0.5) is 0 Å². The molecule has 3 N–H and O–H groups in total. The number of benzene rings is 1. The van der Waals surface area contributed by atoms with Gasteiger partial charge in [-0.2, -0.15) is 5.10 Å². The average molecular weight is 378 g/mol. The Labute approximate surface area is 162 Å². The topological polar surface area (TPSA) is 100 Å². The van der Waals surface area contributed by atoms with Gasteiger partial charge in [0.15, 0.2) is 0 Å². The highest BCUT2D eigenvalue weighted by Crippen LogP contribution is 2.38. The van der Waals surface area contributed by atoms with Crippen LogP contribution in [0, 0.1) is 5.92 Å². The normalized spacial score (nSPS) is 19.5. The van der Waals surface area contributed by atoms with Crippen LogP contribution < -0.4 is 10.1 Å². The van der Waals surface area contributed by atoms with Crippen molar-refractivity contribution in [2.75, 3.05) is 7.11 Å². The third-order valence-corrected chi connectivity index (χ3v) is 5.20. The quantitative estimate of drug-likeness (QED) is 0.612. The highest BCUT2D eigenvalue weighted by molar-refractivity contribution is 5.95. The Morgan fingerprint density at radius 3 is 2.68 bits per heavy atom. The van der Waals surface area contributed by atoms with Crippen LogP contribution in [-0.2, 0) is 0 Å². The molecule has 4 rings (SSSR count). The smallest absolute Gasteiger partial charge is 0.251 e. The molecule has 1 saturated carbocycles. The van der Waals surface area contributed by atoms with Gasteiger partial charge in [0, 0.05) is 18.0 Å². The van der Waals surface area contributed by atoms with Crippen molar-refractivity contribution in [2.24, 2.45) is 5.92 Å². The Hall–Kier alpha value is -3.19. The molecule has 7 nitrogen and oxygen atoms in total. The van der Waals surface area contributed by atoms with E-state index in [4.69, 9.17) is 4.74 Å². The number of aromatic nitrogens is 3. The van der Waals surface area contributed by atoms with E-state index >= 15 is 0 Å². The predicted molar refractivity (Wildman–Crippen MR) is 104 cm³/mol. The van der Waals surface area contributed by atoms with Gasteiger partial charge in [0.1, 0.15) is 5.75 Å². The zero-order valence-corrected chi connectivity index (χ0v) is 15.5. The Balaban J connectivity index is 1.53. The molecule has 0 saturated heterocycles.